The fraction of sp³-hybridized carbons (Fsp3) is 0.200. The van der Waals surface area contributed by atoms with Crippen LogP contribution in [0.1, 0.15) is 0 Å². The molecule has 4 heteroatoms. The van der Waals surface area contributed by atoms with Crippen LogP contribution >= 0.6 is 13.6 Å². The molecule has 72 valence electrons. The Labute approximate surface area is 101 Å². The van der Waals surface area contributed by atoms with E-state index in [9.17, 15) is 0 Å². The van der Waals surface area contributed by atoms with Crippen LogP contribution in [0, 0.1) is 6.07 Å². The molecule has 0 radical (unpaired) electrons. The minimum atomic E-state index is 0.486. The molecule has 2 nitrogen and oxygen atoms in total. The van der Waals surface area contributed by atoms with Gasteiger partial charge >= 0.3 is 30.0 Å². The second kappa shape index (κ2) is 9.23. The topological polar surface area (TPSA) is 18.5 Å². The Kier molecular flexibility index (Phi) is 9.01. The minimum absolute atomic E-state index is 0.486. The molecule has 0 bridgehead atoms. The number of rotatable bonds is 4. The molecule has 0 N–H and O–H groups in total. The van der Waals surface area contributed by atoms with E-state index < -0.39 is 0 Å². The first kappa shape index (κ1) is 13.7. The van der Waals surface area contributed by atoms with Crippen molar-refractivity contribution >= 4 is 13.6 Å². The van der Waals surface area contributed by atoms with Crippen molar-refractivity contribution in [3.8, 4) is 11.5 Å². The number of halogens is 1. The Morgan fingerprint density at radius 3 is 2.86 bits per heavy atom. The van der Waals surface area contributed by atoms with E-state index in [4.69, 9.17) is 9.47 Å². The maximum atomic E-state index is 5.31. The van der Waals surface area contributed by atoms with Crippen LogP contribution < -0.4 is 9.47 Å². The molecule has 1 aromatic rings. The van der Waals surface area contributed by atoms with Crippen molar-refractivity contribution in [2.45, 2.75) is 0 Å². The number of ether oxygens (including phenoxy) is 2. The summed E-state index contributed by atoms with van der Waals surface area (Å²) < 4.78 is 10.4. The molecule has 0 saturated carbocycles. The van der Waals surface area contributed by atoms with E-state index in [-0.39, 0.29) is 0 Å². The zero-order valence-electron chi connectivity index (χ0n) is 8.13. The van der Waals surface area contributed by atoms with E-state index in [0.717, 1.165) is 5.75 Å². The summed E-state index contributed by atoms with van der Waals surface area (Å²) in [6.45, 7) is 4.04. The van der Waals surface area contributed by atoms with Crippen molar-refractivity contribution in [1.82, 2.24) is 0 Å². The second-order valence-corrected chi connectivity index (χ2v) is 2.18. The Morgan fingerprint density at radius 2 is 2.29 bits per heavy atom. The van der Waals surface area contributed by atoms with Gasteiger partial charge in [0.1, 0.15) is 6.61 Å². The quantitative estimate of drug-likeness (QED) is 0.484. The third-order valence-electron chi connectivity index (χ3n) is 1.36. The van der Waals surface area contributed by atoms with Crippen LogP contribution in [0.4, 0.5) is 0 Å². The number of benzene rings is 1. The van der Waals surface area contributed by atoms with Crippen LogP contribution in [0.2, 0.25) is 0 Å². The maximum absolute atomic E-state index is 5.31. The normalized spacial score (nSPS) is 8.29. The first-order chi connectivity index (χ1) is 6.88. The first-order valence-corrected chi connectivity index (χ1v) is 10.9. The van der Waals surface area contributed by atoms with Gasteiger partial charge in [-0.25, -0.2) is 0 Å². The van der Waals surface area contributed by atoms with Gasteiger partial charge in [-0.15, -0.1) is 12.1 Å². The molecule has 0 heterocycles. The van der Waals surface area contributed by atoms with Crippen molar-refractivity contribution in [3.63, 3.8) is 0 Å². The SMILES string of the molecule is C=CCOc1cc[c-]cc1OC.[Zn+][Br]. The van der Waals surface area contributed by atoms with Gasteiger partial charge in [0.05, 0.1) is 12.9 Å². The van der Waals surface area contributed by atoms with Crippen molar-refractivity contribution < 1.29 is 25.8 Å². The van der Waals surface area contributed by atoms with E-state index >= 15 is 0 Å². The van der Waals surface area contributed by atoms with Gasteiger partial charge in [-0.05, 0) is 0 Å². The molecule has 0 aromatic heterocycles. The van der Waals surface area contributed by atoms with Gasteiger partial charge < -0.3 is 9.47 Å². The van der Waals surface area contributed by atoms with Gasteiger partial charge in [0.15, 0.2) is 0 Å². The van der Waals surface area contributed by atoms with Gasteiger partial charge in [-0.1, -0.05) is 12.7 Å². The summed E-state index contributed by atoms with van der Waals surface area (Å²) in [5, 5.41) is 0. The molecule has 1 aromatic carbocycles. The molecule has 0 unspecified atom stereocenters. The van der Waals surface area contributed by atoms with E-state index in [1.807, 2.05) is 6.07 Å². The zero-order valence-corrected chi connectivity index (χ0v) is 12.7. The van der Waals surface area contributed by atoms with Crippen molar-refractivity contribution in [3.05, 3.63) is 36.9 Å². The van der Waals surface area contributed by atoms with Gasteiger partial charge in [0, 0.05) is 5.75 Å². The molecule has 0 aliphatic rings. The fourth-order valence-corrected chi connectivity index (χ4v) is 0.828. The third kappa shape index (κ3) is 4.78. The molecular weight excluding hydrogens is 297 g/mol. The van der Waals surface area contributed by atoms with Crippen LogP contribution in [0.25, 0.3) is 0 Å². The van der Waals surface area contributed by atoms with Crippen LogP contribution in [-0.2, 0) is 16.3 Å². The summed E-state index contributed by atoms with van der Waals surface area (Å²) in [7, 11) is 1.60. The van der Waals surface area contributed by atoms with E-state index in [2.05, 4.69) is 26.3 Å². The molecule has 0 aliphatic carbocycles. The van der Waals surface area contributed by atoms with Crippen molar-refractivity contribution in [1.29, 1.82) is 0 Å². The Bertz CT molecular complexity index is 266. The van der Waals surface area contributed by atoms with Crippen LogP contribution in [0.3, 0.4) is 0 Å². The molecule has 0 amide bonds. The van der Waals surface area contributed by atoms with Crippen LogP contribution in [0.15, 0.2) is 30.9 Å². The molecule has 0 aliphatic heterocycles. The summed E-state index contributed by atoms with van der Waals surface area (Å²) in [6.07, 6.45) is 1.69. The summed E-state index contributed by atoms with van der Waals surface area (Å²) in [5.74, 6) is 1.41. The molecule has 14 heavy (non-hydrogen) atoms. The molecular formula is C10H11BrO2Zn. The Morgan fingerprint density at radius 1 is 1.57 bits per heavy atom. The number of methoxy groups -OCH3 is 1. The molecule has 0 fully saturated rings. The monoisotopic (exact) mass is 306 g/mol. The molecule has 0 saturated heterocycles. The average molecular weight is 308 g/mol. The second-order valence-electron chi connectivity index (χ2n) is 2.18. The zero-order chi connectivity index (χ0) is 10.8. The van der Waals surface area contributed by atoms with Crippen LogP contribution in [0.5, 0.6) is 11.5 Å². The Hall–Kier alpha value is -0.337. The van der Waals surface area contributed by atoms with Gasteiger partial charge in [0.2, 0.25) is 0 Å². The number of hydrogen-bond donors (Lipinski definition) is 0. The van der Waals surface area contributed by atoms with Crippen LogP contribution in [-0.4, -0.2) is 13.7 Å². The van der Waals surface area contributed by atoms with Crippen molar-refractivity contribution in [2.24, 2.45) is 0 Å². The fourth-order valence-electron chi connectivity index (χ4n) is 0.828. The predicted octanol–water partition coefficient (Wildman–Crippen LogP) is 2.90. The Balaban J connectivity index is 0.000000791. The first-order valence-electron chi connectivity index (χ1n) is 3.93. The summed E-state index contributed by atoms with van der Waals surface area (Å²) in [6, 6.07) is 8.22. The third-order valence-corrected chi connectivity index (χ3v) is 1.36. The van der Waals surface area contributed by atoms with E-state index in [1.165, 1.54) is 16.3 Å². The summed E-state index contributed by atoms with van der Waals surface area (Å²) in [5.41, 5.74) is 0. The van der Waals surface area contributed by atoms with Gasteiger partial charge in [0.25, 0.3) is 0 Å². The molecule has 0 spiro atoms. The molecule has 0 atom stereocenters. The summed E-state index contributed by atoms with van der Waals surface area (Å²) >= 11 is 4.25. The predicted molar refractivity (Wildman–Crippen MR) is 56.4 cm³/mol. The van der Waals surface area contributed by atoms with E-state index in [1.54, 1.807) is 25.3 Å². The summed E-state index contributed by atoms with van der Waals surface area (Å²) in [4.78, 5) is 0. The van der Waals surface area contributed by atoms with Crippen molar-refractivity contribution in [2.75, 3.05) is 13.7 Å². The average Bonchev–Trinajstić information content (AvgIpc) is 2.29. The van der Waals surface area contributed by atoms with Gasteiger partial charge in [-0.2, -0.15) is 12.1 Å². The number of hydrogen-bond acceptors (Lipinski definition) is 2. The van der Waals surface area contributed by atoms with E-state index in [0.29, 0.717) is 12.4 Å². The molecule has 1 rings (SSSR count). The standard InChI is InChI=1S/C10H11O2.BrH.Zn/c1-3-8-12-10-7-5-4-6-9(10)11-2;;/h3,5-7H,1,8H2,2H3;1H;/q-1;;+2/p-1. The van der Waals surface area contributed by atoms with Gasteiger partial charge in [-0.3, -0.25) is 0 Å².